The van der Waals surface area contributed by atoms with Crippen LogP contribution in [0.15, 0.2) is 23.2 Å². The first kappa shape index (κ1) is 18.6. The number of carbonyl (C=O) groups excluding carboxylic acids is 1. The van der Waals surface area contributed by atoms with E-state index in [0.717, 1.165) is 28.4 Å². The minimum absolute atomic E-state index is 0.0846. The number of amides is 1. The molecule has 26 heavy (non-hydrogen) atoms. The van der Waals surface area contributed by atoms with E-state index in [1.165, 1.54) is 6.07 Å². The van der Waals surface area contributed by atoms with Gasteiger partial charge in [0.2, 0.25) is 15.7 Å². The second-order valence-corrected chi connectivity index (χ2v) is 8.48. The zero-order valence-electron chi connectivity index (χ0n) is 13.0. The first-order valence-corrected chi connectivity index (χ1v) is 9.48. The van der Waals surface area contributed by atoms with Crippen LogP contribution < -0.4 is 9.64 Å². The summed E-state index contributed by atoms with van der Waals surface area (Å²) < 4.78 is 78.2. The molecule has 0 fully saturated rings. The molecule has 0 N–H and O–H groups in total. The molecule has 2 heterocycles. The second kappa shape index (κ2) is 6.20. The second-order valence-electron chi connectivity index (χ2n) is 5.39. The Morgan fingerprint density at radius 2 is 2.04 bits per heavy atom. The maximum atomic E-state index is 13.5. The maximum Gasteiger partial charge on any atom is 0.573 e. The molecule has 0 spiro atoms. The summed E-state index contributed by atoms with van der Waals surface area (Å²) in [7, 11) is -3.86. The maximum absolute atomic E-state index is 13.5. The molecule has 0 saturated heterocycles. The molecule has 2 aromatic rings. The highest BCUT2D eigenvalue weighted by Gasteiger charge is 2.38. The molecule has 0 saturated carbocycles. The third-order valence-electron chi connectivity index (χ3n) is 3.40. The molecular formula is C14H10F4N2O4S2. The van der Waals surface area contributed by atoms with E-state index in [4.69, 9.17) is 0 Å². The largest absolute Gasteiger partial charge is 0.573 e. The summed E-state index contributed by atoms with van der Waals surface area (Å²) in [6.45, 7) is 1.31. The quantitative estimate of drug-likeness (QED) is 0.728. The highest BCUT2D eigenvalue weighted by molar-refractivity contribution is 7.92. The first-order valence-electron chi connectivity index (χ1n) is 7.01. The van der Waals surface area contributed by atoms with Crippen LogP contribution in [0.3, 0.4) is 0 Å². The summed E-state index contributed by atoms with van der Waals surface area (Å²) >= 11 is 0.970. The summed E-state index contributed by atoms with van der Waals surface area (Å²) in [5.41, 5.74) is 0.135. The monoisotopic (exact) mass is 410 g/mol. The minimum atomic E-state index is -5.07. The van der Waals surface area contributed by atoms with Gasteiger partial charge in [-0.3, -0.25) is 9.69 Å². The Labute approximate surface area is 148 Å². The number of hydrogen-bond acceptors (Lipinski definition) is 6. The van der Waals surface area contributed by atoms with E-state index < -0.39 is 39.4 Å². The minimum Gasteiger partial charge on any atom is -0.403 e. The average Bonchev–Trinajstić information content (AvgIpc) is 2.88. The van der Waals surface area contributed by atoms with Crippen LogP contribution in [-0.2, 0) is 21.2 Å². The predicted octanol–water partition coefficient (Wildman–Crippen LogP) is 2.81. The molecular weight excluding hydrogens is 400 g/mol. The molecule has 1 aliphatic rings. The van der Waals surface area contributed by atoms with Crippen LogP contribution in [0.4, 0.5) is 22.6 Å². The van der Waals surface area contributed by atoms with Crippen molar-refractivity contribution < 1.29 is 35.5 Å². The molecule has 1 amide bonds. The van der Waals surface area contributed by atoms with Crippen molar-refractivity contribution >= 4 is 32.1 Å². The third kappa shape index (κ3) is 3.65. The SMILES string of the molecule is Cc1nc2c(s1)N(Cc1ccc(F)c(OC(F)(F)F)c1)C(=O)CS2(=O)=O. The van der Waals surface area contributed by atoms with Crippen LogP contribution in [0.1, 0.15) is 10.6 Å². The molecule has 1 aromatic heterocycles. The van der Waals surface area contributed by atoms with Gasteiger partial charge in [0.15, 0.2) is 16.6 Å². The van der Waals surface area contributed by atoms with Gasteiger partial charge in [-0.15, -0.1) is 24.5 Å². The van der Waals surface area contributed by atoms with Gasteiger partial charge in [0, 0.05) is 0 Å². The van der Waals surface area contributed by atoms with E-state index in [2.05, 4.69) is 9.72 Å². The highest BCUT2D eigenvalue weighted by Crippen LogP contribution is 2.37. The number of alkyl halides is 3. The van der Waals surface area contributed by atoms with Crippen molar-refractivity contribution in [3.8, 4) is 5.75 Å². The van der Waals surface area contributed by atoms with Crippen LogP contribution in [-0.4, -0.2) is 31.4 Å². The number of carbonyl (C=O) groups is 1. The van der Waals surface area contributed by atoms with Crippen LogP contribution in [0.25, 0.3) is 0 Å². The first-order chi connectivity index (χ1) is 12.0. The van der Waals surface area contributed by atoms with Gasteiger partial charge in [-0.2, -0.15) is 0 Å². The standard InChI is InChI=1S/C14H10F4N2O4S2/c1-7-19-12-13(25-7)20(11(21)6-26(12,22)23)5-8-2-3-9(15)10(4-8)24-14(16,17)18/h2-4H,5-6H2,1H3. The summed E-state index contributed by atoms with van der Waals surface area (Å²) in [6, 6.07) is 2.77. The van der Waals surface area contributed by atoms with Crippen molar-refractivity contribution in [2.24, 2.45) is 0 Å². The van der Waals surface area contributed by atoms with Gasteiger partial charge >= 0.3 is 6.36 Å². The van der Waals surface area contributed by atoms with Gasteiger partial charge in [0.05, 0.1) is 11.6 Å². The third-order valence-corrected chi connectivity index (χ3v) is 6.03. The van der Waals surface area contributed by atoms with Crippen LogP contribution >= 0.6 is 11.3 Å². The summed E-state index contributed by atoms with van der Waals surface area (Å²) in [6.07, 6.45) is -5.07. The number of nitrogens with zero attached hydrogens (tertiary/aromatic N) is 2. The van der Waals surface area contributed by atoms with Gasteiger partial charge in [-0.25, -0.2) is 17.8 Å². The van der Waals surface area contributed by atoms with Gasteiger partial charge in [-0.05, 0) is 24.6 Å². The zero-order chi connectivity index (χ0) is 19.3. The van der Waals surface area contributed by atoms with Gasteiger partial charge in [0.25, 0.3) is 0 Å². The molecule has 1 aliphatic heterocycles. The van der Waals surface area contributed by atoms with E-state index in [-0.39, 0.29) is 22.1 Å². The Morgan fingerprint density at radius 1 is 1.35 bits per heavy atom. The molecule has 6 nitrogen and oxygen atoms in total. The van der Waals surface area contributed by atoms with E-state index in [1.54, 1.807) is 6.92 Å². The topological polar surface area (TPSA) is 76.6 Å². The number of halogens is 4. The van der Waals surface area contributed by atoms with Crippen LogP contribution in [0.2, 0.25) is 0 Å². The number of fused-ring (bicyclic) bond motifs is 1. The molecule has 0 aliphatic carbocycles. The average molecular weight is 410 g/mol. The number of benzene rings is 1. The molecule has 0 unspecified atom stereocenters. The summed E-state index contributed by atoms with van der Waals surface area (Å²) in [4.78, 5) is 17.2. The Kier molecular flexibility index (Phi) is 4.43. The van der Waals surface area contributed by atoms with Crippen molar-refractivity contribution in [3.63, 3.8) is 0 Å². The number of rotatable bonds is 3. The van der Waals surface area contributed by atoms with Crippen LogP contribution in [0.5, 0.6) is 5.75 Å². The molecule has 12 heteroatoms. The fraction of sp³-hybridized carbons (Fsp3) is 0.286. The summed E-state index contributed by atoms with van der Waals surface area (Å²) in [5.74, 6) is -3.79. The number of hydrogen-bond donors (Lipinski definition) is 0. The lowest BCUT2D eigenvalue weighted by Gasteiger charge is -2.25. The normalized spacial score (nSPS) is 16.5. The molecule has 1 aromatic carbocycles. The van der Waals surface area contributed by atoms with E-state index in [9.17, 15) is 30.8 Å². The lowest BCUT2D eigenvalue weighted by molar-refractivity contribution is -0.275. The van der Waals surface area contributed by atoms with Crippen molar-refractivity contribution in [1.29, 1.82) is 0 Å². The van der Waals surface area contributed by atoms with Gasteiger partial charge < -0.3 is 4.74 Å². The molecule has 3 rings (SSSR count). The molecule has 0 radical (unpaired) electrons. The van der Waals surface area contributed by atoms with Crippen molar-refractivity contribution in [2.45, 2.75) is 24.9 Å². The Morgan fingerprint density at radius 3 is 2.69 bits per heavy atom. The Bertz CT molecular complexity index is 985. The smallest absolute Gasteiger partial charge is 0.403 e. The summed E-state index contributed by atoms with van der Waals surface area (Å²) in [5, 5.41) is 0.258. The number of ether oxygens (including phenoxy) is 1. The number of aryl methyl sites for hydroxylation is 1. The van der Waals surface area contributed by atoms with Crippen molar-refractivity contribution in [3.05, 3.63) is 34.6 Å². The Balaban J connectivity index is 1.96. The fourth-order valence-corrected chi connectivity index (χ4v) is 5.04. The van der Waals surface area contributed by atoms with E-state index in [0.29, 0.717) is 5.01 Å². The lowest BCUT2D eigenvalue weighted by atomic mass is 10.2. The Hall–Kier alpha value is -2.21. The predicted molar refractivity (Wildman–Crippen MR) is 83.2 cm³/mol. The zero-order valence-corrected chi connectivity index (χ0v) is 14.6. The number of thiazole rings is 1. The highest BCUT2D eigenvalue weighted by atomic mass is 32.2. The number of anilines is 1. The fourth-order valence-electron chi connectivity index (χ4n) is 2.38. The molecule has 0 bridgehead atoms. The van der Waals surface area contributed by atoms with Crippen molar-refractivity contribution in [1.82, 2.24) is 4.98 Å². The lowest BCUT2D eigenvalue weighted by Crippen LogP contribution is -2.39. The number of aromatic nitrogens is 1. The van der Waals surface area contributed by atoms with E-state index >= 15 is 0 Å². The van der Waals surface area contributed by atoms with Gasteiger partial charge in [-0.1, -0.05) is 6.07 Å². The van der Waals surface area contributed by atoms with Crippen molar-refractivity contribution in [2.75, 3.05) is 10.7 Å². The van der Waals surface area contributed by atoms with Crippen LogP contribution in [0, 0.1) is 12.7 Å². The van der Waals surface area contributed by atoms with Gasteiger partial charge in [0.1, 0.15) is 10.8 Å². The van der Waals surface area contributed by atoms with E-state index in [1.807, 2.05) is 0 Å². The molecule has 140 valence electrons. The molecule has 0 atom stereocenters. The number of sulfone groups is 1.